The number of carbonyl (C=O) groups excluding carboxylic acids is 2. The predicted octanol–water partition coefficient (Wildman–Crippen LogP) is 5.73. The molecule has 1 aliphatic rings. The van der Waals surface area contributed by atoms with Gasteiger partial charge in [-0.15, -0.1) is 0 Å². The molecule has 1 saturated heterocycles. The second kappa shape index (κ2) is 9.66. The number of ether oxygens (including phenoxy) is 1. The molecular formula is C29H29NO5. The lowest BCUT2D eigenvalue weighted by Gasteiger charge is -2.27. The molecule has 6 heteroatoms. The molecule has 1 atom stereocenters. The average Bonchev–Trinajstić information content (AvgIpc) is 3.10. The number of aliphatic hydroxyl groups excluding tert-OH is 1. The number of benzene rings is 3. The van der Waals surface area contributed by atoms with Crippen molar-refractivity contribution in [1.29, 1.82) is 0 Å². The molecule has 35 heavy (non-hydrogen) atoms. The number of amides is 1. The zero-order chi connectivity index (χ0) is 25.3. The van der Waals surface area contributed by atoms with E-state index in [-0.39, 0.29) is 17.1 Å². The van der Waals surface area contributed by atoms with Crippen molar-refractivity contribution in [3.8, 4) is 11.5 Å². The highest BCUT2D eigenvalue weighted by Crippen LogP contribution is 2.43. The van der Waals surface area contributed by atoms with Gasteiger partial charge in [0.05, 0.1) is 18.2 Å². The third-order valence-corrected chi connectivity index (χ3v) is 6.19. The van der Waals surface area contributed by atoms with Crippen LogP contribution in [0.15, 0.2) is 66.2 Å². The van der Waals surface area contributed by atoms with E-state index >= 15 is 0 Å². The molecular weight excluding hydrogens is 442 g/mol. The number of aliphatic hydroxyl groups is 1. The molecule has 2 N–H and O–H groups in total. The number of aromatic hydroxyl groups is 1. The Balaban J connectivity index is 1.90. The molecule has 1 unspecified atom stereocenters. The highest BCUT2D eigenvalue weighted by Gasteiger charge is 2.47. The molecule has 3 aromatic carbocycles. The summed E-state index contributed by atoms with van der Waals surface area (Å²) in [7, 11) is 0. The molecule has 180 valence electrons. The Hall–Kier alpha value is -4.06. The first-order valence-corrected chi connectivity index (χ1v) is 11.6. The number of phenolic OH excluding ortho intramolecular Hbond substituents is 1. The van der Waals surface area contributed by atoms with E-state index in [1.54, 1.807) is 30.3 Å². The third kappa shape index (κ3) is 4.52. The molecule has 6 nitrogen and oxygen atoms in total. The van der Waals surface area contributed by atoms with Crippen LogP contribution in [0.1, 0.15) is 47.2 Å². The largest absolute Gasteiger partial charge is 0.508 e. The minimum Gasteiger partial charge on any atom is -0.508 e. The normalized spacial score (nSPS) is 17.1. The van der Waals surface area contributed by atoms with E-state index < -0.39 is 17.7 Å². The molecule has 1 amide bonds. The van der Waals surface area contributed by atoms with Gasteiger partial charge in [0.2, 0.25) is 0 Å². The number of ketones is 1. The molecule has 1 aliphatic heterocycles. The van der Waals surface area contributed by atoms with Crippen LogP contribution in [0.4, 0.5) is 5.69 Å². The van der Waals surface area contributed by atoms with Gasteiger partial charge in [0.25, 0.3) is 11.7 Å². The van der Waals surface area contributed by atoms with Crippen molar-refractivity contribution in [2.45, 2.75) is 40.2 Å². The number of carbonyl (C=O) groups is 2. The van der Waals surface area contributed by atoms with Crippen molar-refractivity contribution in [3.63, 3.8) is 0 Å². The Labute approximate surface area is 205 Å². The Morgan fingerprint density at radius 2 is 1.66 bits per heavy atom. The number of hydrogen-bond donors (Lipinski definition) is 2. The van der Waals surface area contributed by atoms with Gasteiger partial charge in [0.1, 0.15) is 17.3 Å². The third-order valence-electron chi connectivity index (χ3n) is 6.19. The SMILES string of the molecule is CCCOc1ccc(/C(O)=C2/C(=O)C(=O)N(c3cc(C)ccc3C)C2c2ccc(O)cc2)cc1C. The number of rotatable bonds is 6. The maximum Gasteiger partial charge on any atom is 0.300 e. The molecule has 0 bridgehead atoms. The minimum atomic E-state index is -0.854. The van der Waals surface area contributed by atoms with Crippen molar-refractivity contribution in [2.75, 3.05) is 11.5 Å². The molecule has 0 aromatic heterocycles. The Bertz CT molecular complexity index is 1320. The molecule has 1 heterocycles. The number of hydrogen-bond acceptors (Lipinski definition) is 5. The van der Waals surface area contributed by atoms with Gasteiger partial charge < -0.3 is 14.9 Å². The van der Waals surface area contributed by atoms with Crippen LogP contribution < -0.4 is 9.64 Å². The topological polar surface area (TPSA) is 87.1 Å². The first kappa shape index (κ1) is 24.1. The Kier molecular flexibility index (Phi) is 6.65. The van der Waals surface area contributed by atoms with Crippen molar-refractivity contribution >= 4 is 23.1 Å². The van der Waals surface area contributed by atoms with Gasteiger partial charge in [-0.1, -0.05) is 31.2 Å². The molecule has 1 fully saturated rings. The average molecular weight is 472 g/mol. The highest BCUT2D eigenvalue weighted by molar-refractivity contribution is 6.51. The van der Waals surface area contributed by atoms with Crippen LogP contribution in [0.2, 0.25) is 0 Å². The molecule has 0 spiro atoms. The number of Topliss-reactive ketones (excluding diaryl/α,β-unsaturated/α-hetero) is 1. The van der Waals surface area contributed by atoms with Crippen LogP contribution in [-0.4, -0.2) is 28.5 Å². The summed E-state index contributed by atoms with van der Waals surface area (Å²) in [6, 6.07) is 16.4. The van der Waals surface area contributed by atoms with E-state index in [4.69, 9.17) is 4.74 Å². The molecule has 3 aromatic rings. The Morgan fingerprint density at radius 3 is 2.31 bits per heavy atom. The predicted molar refractivity (Wildman–Crippen MR) is 136 cm³/mol. The zero-order valence-corrected chi connectivity index (χ0v) is 20.3. The monoisotopic (exact) mass is 471 g/mol. The van der Waals surface area contributed by atoms with Crippen LogP contribution in [0, 0.1) is 20.8 Å². The summed E-state index contributed by atoms with van der Waals surface area (Å²) < 4.78 is 5.73. The van der Waals surface area contributed by atoms with Gasteiger partial charge in [0.15, 0.2) is 0 Å². The van der Waals surface area contributed by atoms with Crippen molar-refractivity contribution < 1.29 is 24.5 Å². The lowest BCUT2D eigenvalue weighted by molar-refractivity contribution is -0.132. The first-order chi connectivity index (χ1) is 16.7. The number of anilines is 1. The van der Waals surface area contributed by atoms with Crippen LogP contribution in [0.5, 0.6) is 11.5 Å². The molecule has 0 saturated carbocycles. The number of aryl methyl sites for hydroxylation is 3. The maximum atomic E-state index is 13.4. The van der Waals surface area contributed by atoms with E-state index in [9.17, 15) is 19.8 Å². The van der Waals surface area contributed by atoms with Crippen LogP contribution in [0.3, 0.4) is 0 Å². The lowest BCUT2D eigenvalue weighted by Crippen LogP contribution is -2.30. The van der Waals surface area contributed by atoms with Crippen LogP contribution in [-0.2, 0) is 9.59 Å². The summed E-state index contributed by atoms with van der Waals surface area (Å²) in [5, 5.41) is 21.2. The van der Waals surface area contributed by atoms with Gasteiger partial charge >= 0.3 is 0 Å². The van der Waals surface area contributed by atoms with E-state index in [1.807, 2.05) is 45.9 Å². The summed E-state index contributed by atoms with van der Waals surface area (Å²) in [6.07, 6.45) is 0.871. The molecule has 4 rings (SSSR count). The summed E-state index contributed by atoms with van der Waals surface area (Å²) in [4.78, 5) is 28.2. The fraction of sp³-hybridized carbons (Fsp3) is 0.241. The summed E-state index contributed by atoms with van der Waals surface area (Å²) in [6.45, 7) is 8.26. The lowest BCUT2D eigenvalue weighted by atomic mass is 9.94. The maximum absolute atomic E-state index is 13.4. The van der Waals surface area contributed by atoms with Gasteiger partial charge in [-0.25, -0.2) is 0 Å². The highest BCUT2D eigenvalue weighted by atomic mass is 16.5. The smallest absolute Gasteiger partial charge is 0.300 e. The van der Waals surface area contributed by atoms with Gasteiger partial charge in [-0.05, 0) is 85.8 Å². The second-order valence-electron chi connectivity index (χ2n) is 8.88. The summed E-state index contributed by atoms with van der Waals surface area (Å²) >= 11 is 0. The number of phenols is 1. The second-order valence-corrected chi connectivity index (χ2v) is 8.88. The van der Waals surface area contributed by atoms with E-state index in [1.165, 1.54) is 17.0 Å². The Morgan fingerprint density at radius 1 is 0.943 bits per heavy atom. The van der Waals surface area contributed by atoms with Crippen LogP contribution in [0.25, 0.3) is 5.76 Å². The zero-order valence-electron chi connectivity index (χ0n) is 20.3. The fourth-order valence-electron chi connectivity index (χ4n) is 4.36. The quantitative estimate of drug-likeness (QED) is 0.272. The standard InChI is InChI=1S/C29H29NO5/c1-5-14-35-24-13-10-21(16-19(24)4)27(32)25-26(20-8-11-22(31)12-9-20)30(29(34)28(25)33)23-15-17(2)6-7-18(23)3/h6-13,15-16,26,31-32H,5,14H2,1-4H3/b27-25-. The van der Waals surface area contributed by atoms with Crippen molar-refractivity contribution in [2.24, 2.45) is 0 Å². The van der Waals surface area contributed by atoms with Crippen molar-refractivity contribution in [1.82, 2.24) is 0 Å². The first-order valence-electron chi connectivity index (χ1n) is 11.6. The van der Waals surface area contributed by atoms with Gasteiger partial charge in [-0.2, -0.15) is 0 Å². The summed E-state index contributed by atoms with van der Waals surface area (Å²) in [5.74, 6) is -0.951. The minimum absolute atomic E-state index is 0.00298. The number of nitrogens with zero attached hydrogens (tertiary/aromatic N) is 1. The fourth-order valence-corrected chi connectivity index (χ4v) is 4.36. The van der Waals surface area contributed by atoms with Crippen molar-refractivity contribution in [3.05, 3.63) is 94.1 Å². The summed E-state index contributed by atoms with van der Waals surface area (Å²) in [5.41, 5.74) is 4.21. The van der Waals surface area contributed by atoms with Gasteiger partial charge in [0, 0.05) is 11.3 Å². The molecule has 0 radical (unpaired) electrons. The molecule has 0 aliphatic carbocycles. The van der Waals surface area contributed by atoms with E-state index in [0.717, 1.165) is 23.1 Å². The van der Waals surface area contributed by atoms with E-state index in [2.05, 4.69) is 0 Å². The van der Waals surface area contributed by atoms with E-state index in [0.29, 0.717) is 29.2 Å². The van der Waals surface area contributed by atoms with Crippen LogP contribution >= 0.6 is 0 Å². The van der Waals surface area contributed by atoms with Gasteiger partial charge in [-0.3, -0.25) is 14.5 Å².